The average Bonchev–Trinajstić information content (AvgIpc) is 2.98. The molecule has 0 fully saturated rings. The summed E-state index contributed by atoms with van der Waals surface area (Å²) in [7, 11) is -4.05. The largest absolute Gasteiger partial charge is 0.508 e. The number of sulfone groups is 1. The van der Waals surface area contributed by atoms with Gasteiger partial charge in [-0.25, -0.2) is 8.42 Å². The van der Waals surface area contributed by atoms with Gasteiger partial charge in [-0.2, -0.15) is 0 Å². The van der Waals surface area contributed by atoms with Crippen LogP contribution < -0.4 is 5.32 Å². The SMILES string of the molecule is Cc1ccc(S(=O)(=O)C(C)(C)C(=O)Nc2cc(C(C)(C)C)on2)cc1O. The molecule has 1 aromatic carbocycles. The fourth-order valence-corrected chi connectivity index (χ4v) is 3.53. The normalized spacial score (nSPS) is 12.8. The van der Waals surface area contributed by atoms with Gasteiger partial charge in [0.25, 0.3) is 0 Å². The third kappa shape index (κ3) is 3.60. The van der Waals surface area contributed by atoms with E-state index in [2.05, 4.69) is 10.5 Å². The van der Waals surface area contributed by atoms with Gasteiger partial charge in [0.1, 0.15) is 16.3 Å². The number of aromatic nitrogens is 1. The Balaban J connectivity index is 2.31. The van der Waals surface area contributed by atoms with E-state index in [1.54, 1.807) is 13.0 Å². The summed E-state index contributed by atoms with van der Waals surface area (Å²) < 4.78 is 29.2. The molecular weight excluding hydrogens is 356 g/mol. The van der Waals surface area contributed by atoms with Crippen molar-refractivity contribution >= 4 is 21.6 Å². The second-order valence-electron chi connectivity index (χ2n) is 7.74. The second kappa shape index (κ2) is 6.42. The maximum atomic E-state index is 12.9. The molecule has 0 aliphatic carbocycles. The third-order valence-electron chi connectivity index (χ3n) is 4.20. The van der Waals surface area contributed by atoms with Crippen molar-refractivity contribution in [3.8, 4) is 5.75 Å². The fourth-order valence-electron chi connectivity index (χ4n) is 2.13. The maximum absolute atomic E-state index is 12.9. The number of hydrogen-bond acceptors (Lipinski definition) is 6. The Kier molecular flexibility index (Phi) is 4.93. The lowest BCUT2D eigenvalue weighted by molar-refractivity contribution is -0.117. The van der Waals surface area contributed by atoms with E-state index in [-0.39, 0.29) is 21.9 Å². The second-order valence-corrected chi connectivity index (χ2v) is 10.2. The minimum atomic E-state index is -4.05. The van der Waals surface area contributed by atoms with Gasteiger partial charge >= 0.3 is 0 Å². The number of rotatable bonds is 4. The van der Waals surface area contributed by atoms with Crippen molar-refractivity contribution in [2.45, 2.75) is 56.6 Å². The Labute approximate surface area is 153 Å². The molecule has 0 spiro atoms. The molecule has 142 valence electrons. The smallest absolute Gasteiger partial charge is 0.246 e. The first-order valence-corrected chi connectivity index (χ1v) is 9.58. The predicted octanol–water partition coefficient (Wildman–Crippen LogP) is 3.18. The monoisotopic (exact) mass is 380 g/mol. The van der Waals surface area contributed by atoms with Crippen LogP contribution in [0.15, 0.2) is 33.7 Å². The summed E-state index contributed by atoms with van der Waals surface area (Å²) in [4.78, 5) is 12.5. The van der Waals surface area contributed by atoms with Gasteiger partial charge in [0.2, 0.25) is 5.91 Å². The van der Waals surface area contributed by atoms with Crippen LogP contribution in [0.1, 0.15) is 45.9 Å². The lowest BCUT2D eigenvalue weighted by Crippen LogP contribution is -2.44. The van der Waals surface area contributed by atoms with E-state index in [9.17, 15) is 18.3 Å². The molecule has 0 unspecified atom stereocenters. The number of aryl methyl sites for hydroxylation is 1. The number of aromatic hydroxyl groups is 1. The maximum Gasteiger partial charge on any atom is 0.246 e. The minimum absolute atomic E-state index is 0.128. The van der Waals surface area contributed by atoms with E-state index in [4.69, 9.17) is 4.52 Å². The number of carbonyl (C=O) groups is 1. The molecule has 0 aliphatic rings. The number of amides is 1. The summed E-state index contributed by atoms with van der Waals surface area (Å²) in [5.41, 5.74) is 0.250. The zero-order chi connectivity index (χ0) is 19.9. The molecule has 1 aromatic heterocycles. The molecule has 8 heteroatoms. The number of phenolic OH excluding ortho intramolecular Hbond substituents is 1. The molecule has 0 saturated carbocycles. The van der Waals surface area contributed by atoms with Gasteiger partial charge in [0.05, 0.1) is 4.90 Å². The average molecular weight is 380 g/mol. The van der Waals surface area contributed by atoms with Crippen LogP contribution in [-0.4, -0.2) is 29.3 Å². The van der Waals surface area contributed by atoms with Crippen molar-refractivity contribution < 1.29 is 22.8 Å². The van der Waals surface area contributed by atoms with Crippen LogP contribution in [0.5, 0.6) is 5.75 Å². The molecule has 0 saturated heterocycles. The third-order valence-corrected chi connectivity index (χ3v) is 6.60. The Hall–Kier alpha value is -2.35. The number of nitrogens with zero attached hydrogens (tertiary/aromatic N) is 1. The molecule has 2 N–H and O–H groups in total. The van der Waals surface area contributed by atoms with Crippen LogP contribution in [0.4, 0.5) is 5.82 Å². The molecule has 26 heavy (non-hydrogen) atoms. The van der Waals surface area contributed by atoms with Gasteiger partial charge < -0.3 is 14.9 Å². The Morgan fingerprint density at radius 1 is 1.15 bits per heavy atom. The first-order valence-electron chi connectivity index (χ1n) is 8.10. The zero-order valence-corrected chi connectivity index (χ0v) is 16.6. The predicted molar refractivity (Wildman–Crippen MR) is 97.9 cm³/mol. The van der Waals surface area contributed by atoms with Gasteiger partial charge in [-0.05, 0) is 38.5 Å². The Morgan fingerprint density at radius 3 is 2.27 bits per heavy atom. The van der Waals surface area contributed by atoms with Crippen LogP contribution in [0.25, 0.3) is 0 Å². The minimum Gasteiger partial charge on any atom is -0.508 e. The molecule has 2 rings (SSSR count). The fraction of sp³-hybridized carbons (Fsp3) is 0.444. The van der Waals surface area contributed by atoms with Crippen molar-refractivity contribution in [1.29, 1.82) is 0 Å². The molecule has 7 nitrogen and oxygen atoms in total. The van der Waals surface area contributed by atoms with Crippen LogP contribution in [-0.2, 0) is 20.0 Å². The van der Waals surface area contributed by atoms with E-state index in [1.165, 1.54) is 26.0 Å². The number of anilines is 1. The number of benzene rings is 1. The highest BCUT2D eigenvalue weighted by molar-refractivity contribution is 7.93. The number of phenols is 1. The van der Waals surface area contributed by atoms with Crippen molar-refractivity contribution in [1.82, 2.24) is 5.16 Å². The zero-order valence-electron chi connectivity index (χ0n) is 15.7. The van der Waals surface area contributed by atoms with Crippen molar-refractivity contribution in [3.05, 3.63) is 35.6 Å². The summed E-state index contributed by atoms with van der Waals surface area (Å²) in [5, 5.41) is 16.1. The summed E-state index contributed by atoms with van der Waals surface area (Å²) in [6.45, 7) is 10.0. The molecule has 1 heterocycles. The molecule has 0 radical (unpaired) electrons. The highest BCUT2D eigenvalue weighted by Crippen LogP contribution is 2.31. The molecule has 1 amide bonds. The highest BCUT2D eigenvalue weighted by Gasteiger charge is 2.43. The van der Waals surface area contributed by atoms with Crippen molar-refractivity contribution in [3.63, 3.8) is 0 Å². The van der Waals surface area contributed by atoms with E-state index in [1.807, 2.05) is 20.8 Å². The highest BCUT2D eigenvalue weighted by atomic mass is 32.2. The van der Waals surface area contributed by atoms with Crippen LogP contribution in [0, 0.1) is 6.92 Å². The molecule has 2 aromatic rings. The van der Waals surface area contributed by atoms with Gasteiger partial charge in [0.15, 0.2) is 15.7 Å². The van der Waals surface area contributed by atoms with E-state index in [0.717, 1.165) is 6.07 Å². The summed E-state index contributed by atoms with van der Waals surface area (Å²) in [5.74, 6) is -0.174. The van der Waals surface area contributed by atoms with E-state index >= 15 is 0 Å². The number of nitrogens with one attached hydrogen (secondary N) is 1. The molecular formula is C18H24N2O5S. The van der Waals surface area contributed by atoms with Gasteiger partial charge in [-0.3, -0.25) is 4.79 Å². The van der Waals surface area contributed by atoms with E-state index in [0.29, 0.717) is 11.3 Å². The Morgan fingerprint density at radius 2 is 1.77 bits per heavy atom. The topological polar surface area (TPSA) is 110 Å². The number of hydrogen-bond donors (Lipinski definition) is 2. The van der Waals surface area contributed by atoms with Crippen LogP contribution >= 0.6 is 0 Å². The number of carbonyl (C=O) groups excluding carboxylic acids is 1. The van der Waals surface area contributed by atoms with E-state index < -0.39 is 20.5 Å². The summed E-state index contributed by atoms with van der Waals surface area (Å²) >= 11 is 0. The van der Waals surface area contributed by atoms with Crippen molar-refractivity contribution in [2.24, 2.45) is 0 Å². The summed E-state index contributed by atoms with van der Waals surface area (Å²) in [6, 6.07) is 5.57. The molecule has 0 bridgehead atoms. The van der Waals surface area contributed by atoms with Crippen molar-refractivity contribution in [2.75, 3.05) is 5.32 Å². The standard InChI is InChI=1S/C18H24N2O5S/c1-11-7-8-12(9-13(11)21)26(23,24)18(5,6)16(22)19-15-10-14(25-20-15)17(2,3)4/h7-10,21H,1-6H3,(H,19,20,22). The molecule has 0 atom stereocenters. The van der Waals surface area contributed by atoms with Crippen LogP contribution in [0.2, 0.25) is 0 Å². The first kappa shape index (κ1) is 20.0. The lowest BCUT2D eigenvalue weighted by atomic mass is 9.93. The van der Waals surface area contributed by atoms with Gasteiger partial charge in [-0.15, -0.1) is 0 Å². The van der Waals surface area contributed by atoms with Gasteiger partial charge in [0, 0.05) is 11.5 Å². The van der Waals surface area contributed by atoms with Gasteiger partial charge in [-0.1, -0.05) is 32.0 Å². The van der Waals surface area contributed by atoms with Crippen LogP contribution in [0.3, 0.4) is 0 Å². The first-order chi connectivity index (χ1) is 11.8. The quantitative estimate of drug-likeness (QED) is 0.843. The Bertz CT molecular complexity index is 937. The summed E-state index contributed by atoms with van der Waals surface area (Å²) in [6.07, 6.45) is 0. The molecule has 0 aliphatic heterocycles. The lowest BCUT2D eigenvalue weighted by Gasteiger charge is -2.23.